The fourth-order valence-corrected chi connectivity index (χ4v) is 1.09. The van der Waals surface area contributed by atoms with Crippen molar-refractivity contribution < 1.29 is 9.47 Å². The number of nitrogens with two attached hydrogens (primary N) is 1. The number of hydrogen-bond acceptors (Lipinski definition) is 3. The van der Waals surface area contributed by atoms with Crippen molar-refractivity contribution in [3.8, 4) is 0 Å². The number of para-hydroxylation sites is 1. The van der Waals surface area contributed by atoms with E-state index in [0.29, 0.717) is 13.4 Å². The highest BCUT2D eigenvalue weighted by Gasteiger charge is 1.96. The van der Waals surface area contributed by atoms with Gasteiger partial charge in [0.2, 0.25) is 0 Å². The van der Waals surface area contributed by atoms with Crippen molar-refractivity contribution in [2.75, 3.05) is 26.2 Å². The number of nitrogen functional groups attached to an aromatic ring is 1. The molecule has 0 aliphatic heterocycles. The summed E-state index contributed by atoms with van der Waals surface area (Å²) in [6.07, 6.45) is 0.829. The summed E-state index contributed by atoms with van der Waals surface area (Å²) in [5, 5.41) is 0. The zero-order chi connectivity index (χ0) is 9.52. The molecule has 0 amide bonds. The fourth-order valence-electron chi connectivity index (χ4n) is 1.09. The molecule has 2 N–H and O–H groups in total. The lowest BCUT2D eigenvalue weighted by atomic mass is 10.1. The Bertz CT molecular complexity index is 250. The van der Waals surface area contributed by atoms with E-state index in [-0.39, 0.29) is 0 Å². The Hall–Kier alpha value is -1.06. The van der Waals surface area contributed by atoms with Crippen LogP contribution in [0, 0.1) is 0 Å². The zero-order valence-electron chi connectivity index (χ0n) is 7.82. The van der Waals surface area contributed by atoms with Crippen LogP contribution in [0.5, 0.6) is 0 Å². The minimum Gasteiger partial charge on any atom is -0.399 e. The van der Waals surface area contributed by atoms with Crippen LogP contribution >= 0.6 is 0 Å². The zero-order valence-corrected chi connectivity index (χ0v) is 7.82. The second kappa shape index (κ2) is 5.56. The van der Waals surface area contributed by atoms with Gasteiger partial charge in [-0.1, -0.05) is 18.2 Å². The SMILES string of the molecule is COCOCCc1ccccc1N. The minimum absolute atomic E-state index is 0.340. The molecule has 0 radical (unpaired) electrons. The van der Waals surface area contributed by atoms with Crippen LogP contribution in [0.15, 0.2) is 24.3 Å². The van der Waals surface area contributed by atoms with Crippen LogP contribution in [0.3, 0.4) is 0 Å². The van der Waals surface area contributed by atoms with E-state index in [4.69, 9.17) is 15.2 Å². The van der Waals surface area contributed by atoms with E-state index in [1.807, 2.05) is 24.3 Å². The number of ether oxygens (including phenoxy) is 2. The highest BCUT2D eigenvalue weighted by molar-refractivity contribution is 5.46. The molecule has 0 fully saturated rings. The Labute approximate surface area is 78.5 Å². The van der Waals surface area contributed by atoms with Gasteiger partial charge in [-0.2, -0.15) is 0 Å². The van der Waals surface area contributed by atoms with Crippen molar-refractivity contribution in [2.24, 2.45) is 0 Å². The largest absolute Gasteiger partial charge is 0.399 e. The van der Waals surface area contributed by atoms with Crippen molar-refractivity contribution in [3.63, 3.8) is 0 Å². The smallest absolute Gasteiger partial charge is 0.146 e. The number of anilines is 1. The fraction of sp³-hybridized carbons (Fsp3) is 0.400. The molecule has 0 bridgehead atoms. The predicted molar refractivity (Wildman–Crippen MR) is 52.4 cm³/mol. The minimum atomic E-state index is 0.340. The molecule has 1 rings (SSSR count). The van der Waals surface area contributed by atoms with Gasteiger partial charge in [0.05, 0.1) is 6.61 Å². The van der Waals surface area contributed by atoms with Gasteiger partial charge < -0.3 is 15.2 Å². The molecule has 3 nitrogen and oxygen atoms in total. The van der Waals surface area contributed by atoms with Crippen LogP contribution in [0.1, 0.15) is 5.56 Å². The van der Waals surface area contributed by atoms with Crippen LogP contribution in [0.2, 0.25) is 0 Å². The van der Waals surface area contributed by atoms with Gasteiger partial charge in [-0.3, -0.25) is 0 Å². The Morgan fingerprint density at radius 2 is 2.08 bits per heavy atom. The van der Waals surface area contributed by atoms with Crippen LogP contribution in [0.4, 0.5) is 5.69 Å². The van der Waals surface area contributed by atoms with Gasteiger partial charge in [-0.15, -0.1) is 0 Å². The molecule has 0 aromatic heterocycles. The molecule has 72 valence electrons. The van der Waals surface area contributed by atoms with Gasteiger partial charge in [-0.25, -0.2) is 0 Å². The third-order valence-corrected chi connectivity index (χ3v) is 1.77. The summed E-state index contributed by atoms with van der Waals surface area (Å²) in [6, 6.07) is 7.80. The molecule has 0 atom stereocenters. The highest BCUT2D eigenvalue weighted by Crippen LogP contribution is 2.10. The molecular weight excluding hydrogens is 166 g/mol. The van der Waals surface area contributed by atoms with Crippen molar-refractivity contribution in [1.29, 1.82) is 0 Å². The van der Waals surface area contributed by atoms with Gasteiger partial charge in [0, 0.05) is 12.8 Å². The number of hydrogen-bond donors (Lipinski definition) is 1. The molecule has 0 saturated heterocycles. The molecule has 0 heterocycles. The maximum atomic E-state index is 5.75. The molecule has 0 aliphatic rings. The Kier molecular flexibility index (Phi) is 4.29. The van der Waals surface area contributed by atoms with Crippen molar-refractivity contribution in [3.05, 3.63) is 29.8 Å². The van der Waals surface area contributed by atoms with Crippen LogP contribution in [-0.2, 0) is 15.9 Å². The van der Waals surface area contributed by atoms with Crippen LogP contribution < -0.4 is 5.73 Å². The second-order valence-electron chi connectivity index (χ2n) is 2.76. The molecule has 0 spiro atoms. The van der Waals surface area contributed by atoms with Gasteiger partial charge in [0.15, 0.2) is 0 Å². The molecule has 3 heteroatoms. The van der Waals surface area contributed by atoms with E-state index in [9.17, 15) is 0 Å². The van der Waals surface area contributed by atoms with Crippen molar-refractivity contribution >= 4 is 5.69 Å². The Balaban J connectivity index is 2.32. The summed E-state index contributed by atoms with van der Waals surface area (Å²) in [6.45, 7) is 0.981. The molecule has 1 aromatic carbocycles. The van der Waals surface area contributed by atoms with Gasteiger partial charge in [0.25, 0.3) is 0 Å². The van der Waals surface area contributed by atoms with Crippen molar-refractivity contribution in [2.45, 2.75) is 6.42 Å². The summed E-state index contributed by atoms with van der Waals surface area (Å²) in [7, 11) is 1.61. The number of benzene rings is 1. The summed E-state index contributed by atoms with van der Waals surface area (Å²) >= 11 is 0. The molecular formula is C10H15NO2. The third-order valence-electron chi connectivity index (χ3n) is 1.77. The van der Waals surface area contributed by atoms with Gasteiger partial charge >= 0.3 is 0 Å². The second-order valence-corrected chi connectivity index (χ2v) is 2.76. The van der Waals surface area contributed by atoms with Crippen LogP contribution in [0.25, 0.3) is 0 Å². The highest BCUT2D eigenvalue weighted by atomic mass is 16.7. The molecule has 0 unspecified atom stereocenters. The first-order valence-electron chi connectivity index (χ1n) is 4.24. The van der Waals surface area contributed by atoms with E-state index in [1.165, 1.54) is 0 Å². The molecule has 0 saturated carbocycles. The maximum Gasteiger partial charge on any atom is 0.146 e. The average Bonchev–Trinajstić information content (AvgIpc) is 2.15. The standard InChI is InChI=1S/C10H15NO2/c1-12-8-13-7-6-9-4-2-3-5-10(9)11/h2-5H,6-8,11H2,1H3. The van der Waals surface area contributed by atoms with E-state index in [0.717, 1.165) is 17.7 Å². The van der Waals surface area contributed by atoms with E-state index in [2.05, 4.69) is 0 Å². The first-order chi connectivity index (χ1) is 6.34. The van der Waals surface area contributed by atoms with Gasteiger partial charge in [-0.05, 0) is 18.1 Å². The number of rotatable bonds is 5. The van der Waals surface area contributed by atoms with Gasteiger partial charge in [0.1, 0.15) is 6.79 Å². The molecule has 1 aromatic rings. The summed E-state index contributed by atoms with van der Waals surface area (Å²) in [5.41, 5.74) is 7.69. The lowest BCUT2D eigenvalue weighted by Crippen LogP contribution is -2.03. The van der Waals surface area contributed by atoms with Crippen molar-refractivity contribution in [1.82, 2.24) is 0 Å². The van der Waals surface area contributed by atoms with E-state index >= 15 is 0 Å². The maximum absolute atomic E-state index is 5.75. The summed E-state index contributed by atoms with van der Waals surface area (Å²) in [4.78, 5) is 0. The third kappa shape index (κ3) is 3.44. The lowest BCUT2D eigenvalue weighted by molar-refractivity contribution is -0.0291. The van der Waals surface area contributed by atoms with E-state index < -0.39 is 0 Å². The quantitative estimate of drug-likeness (QED) is 0.424. The molecule has 0 aliphatic carbocycles. The average molecular weight is 181 g/mol. The Morgan fingerprint density at radius 1 is 1.31 bits per heavy atom. The first kappa shape index (κ1) is 10.0. The predicted octanol–water partition coefficient (Wildman–Crippen LogP) is 1.43. The van der Waals surface area contributed by atoms with Crippen LogP contribution in [-0.4, -0.2) is 20.5 Å². The summed E-state index contributed by atoms with van der Waals surface area (Å²) < 4.78 is 9.92. The summed E-state index contributed by atoms with van der Waals surface area (Å²) in [5.74, 6) is 0. The normalized spacial score (nSPS) is 10.2. The van der Waals surface area contributed by atoms with E-state index in [1.54, 1.807) is 7.11 Å². The Morgan fingerprint density at radius 3 is 2.77 bits per heavy atom. The number of methoxy groups -OCH3 is 1. The topological polar surface area (TPSA) is 44.5 Å². The molecule has 13 heavy (non-hydrogen) atoms. The lowest BCUT2D eigenvalue weighted by Gasteiger charge is -2.05. The first-order valence-corrected chi connectivity index (χ1v) is 4.24. The monoisotopic (exact) mass is 181 g/mol.